The Morgan fingerprint density at radius 2 is 2.11 bits per heavy atom. The number of aliphatic imine (C=N–C) groups is 1. The van der Waals surface area contributed by atoms with Gasteiger partial charge >= 0.3 is 0 Å². The molecule has 0 aliphatic heterocycles. The van der Waals surface area contributed by atoms with Crippen LogP contribution in [0.4, 0.5) is 0 Å². The molecule has 2 nitrogen and oxygen atoms in total. The van der Waals surface area contributed by atoms with Crippen LogP contribution in [0, 0.1) is 0 Å². The molecule has 0 atom stereocenters. The molecule has 9 heavy (non-hydrogen) atoms. The van der Waals surface area contributed by atoms with Crippen molar-refractivity contribution in [2.24, 2.45) is 4.99 Å². The van der Waals surface area contributed by atoms with Crippen molar-refractivity contribution in [3.05, 3.63) is 0 Å². The maximum absolute atomic E-state index is 4.02. The van der Waals surface area contributed by atoms with Crippen molar-refractivity contribution in [1.29, 1.82) is 0 Å². The summed E-state index contributed by atoms with van der Waals surface area (Å²) in [6.07, 6.45) is 2.01. The lowest BCUT2D eigenvalue weighted by Crippen LogP contribution is -2.27. The fraction of sp³-hybridized carbons (Fsp3) is 0.833. The Balaban J connectivity index is 3.58. The minimum absolute atomic E-state index is 0.483. The topological polar surface area (TPSA) is 24.4 Å². The lowest BCUT2D eigenvalue weighted by Gasteiger charge is -2.08. The van der Waals surface area contributed by atoms with Crippen molar-refractivity contribution in [3.8, 4) is 0 Å². The number of nitrogens with zero attached hydrogens (tertiary/aromatic N) is 1. The quantitative estimate of drug-likeness (QED) is 0.446. The highest BCUT2D eigenvalue weighted by molar-refractivity contribution is 8.13. The normalized spacial score (nSPS) is 12.3. The molecular weight excluding hydrogens is 132 g/mol. The van der Waals surface area contributed by atoms with Crippen LogP contribution in [-0.4, -0.2) is 24.5 Å². The van der Waals surface area contributed by atoms with Crippen LogP contribution >= 0.6 is 11.8 Å². The molecule has 54 valence electrons. The van der Waals surface area contributed by atoms with E-state index in [4.69, 9.17) is 0 Å². The van der Waals surface area contributed by atoms with E-state index in [1.54, 1.807) is 18.8 Å². The molecule has 0 rings (SSSR count). The summed E-state index contributed by atoms with van der Waals surface area (Å²) in [4.78, 5) is 4.02. The van der Waals surface area contributed by atoms with Crippen LogP contribution in [0.3, 0.4) is 0 Å². The van der Waals surface area contributed by atoms with Crippen molar-refractivity contribution in [1.82, 2.24) is 5.32 Å². The first-order chi connectivity index (χ1) is 4.20. The Labute approximate surface area is 61.1 Å². The molecule has 0 amide bonds. The summed E-state index contributed by atoms with van der Waals surface area (Å²) in [6, 6.07) is 0.483. The first-order valence-electron chi connectivity index (χ1n) is 2.98. The van der Waals surface area contributed by atoms with Gasteiger partial charge in [-0.1, -0.05) is 11.8 Å². The van der Waals surface area contributed by atoms with Crippen molar-refractivity contribution >= 4 is 16.9 Å². The molecule has 0 unspecified atom stereocenters. The number of amidine groups is 1. The van der Waals surface area contributed by atoms with Gasteiger partial charge < -0.3 is 5.32 Å². The Bertz CT molecular complexity index is 99.2. The highest BCUT2D eigenvalue weighted by Crippen LogP contribution is 1.94. The predicted octanol–water partition coefficient (Wildman–Crippen LogP) is 1.33. The summed E-state index contributed by atoms with van der Waals surface area (Å²) >= 11 is 1.64. The lowest BCUT2D eigenvalue weighted by molar-refractivity contribution is 0.739. The van der Waals surface area contributed by atoms with Gasteiger partial charge in [0.15, 0.2) is 5.17 Å². The van der Waals surface area contributed by atoms with Crippen LogP contribution in [0.25, 0.3) is 0 Å². The number of rotatable bonds is 1. The van der Waals surface area contributed by atoms with E-state index in [-0.39, 0.29) is 0 Å². The summed E-state index contributed by atoms with van der Waals surface area (Å²) in [6.45, 7) is 4.20. The molecule has 0 aliphatic carbocycles. The SMILES string of the molecule is CN=C(NC(C)C)SC. The standard InChI is InChI=1S/C6H14N2S/c1-5(2)8-6(7-3)9-4/h5H,1-4H3,(H,7,8). The van der Waals surface area contributed by atoms with Gasteiger partial charge in [0.05, 0.1) is 0 Å². The zero-order valence-corrected chi connectivity index (χ0v) is 7.25. The third-order valence-electron chi connectivity index (χ3n) is 0.809. The van der Waals surface area contributed by atoms with E-state index in [0.29, 0.717) is 6.04 Å². The molecule has 0 aromatic carbocycles. The van der Waals surface area contributed by atoms with Gasteiger partial charge in [-0.25, -0.2) is 0 Å². The van der Waals surface area contributed by atoms with Gasteiger partial charge in [-0.15, -0.1) is 0 Å². The second kappa shape index (κ2) is 4.68. The molecule has 0 aromatic heterocycles. The number of nitrogens with one attached hydrogen (secondary N) is 1. The average Bonchev–Trinajstić information content (AvgIpc) is 1.82. The van der Waals surface area contributed by atoms with Crippen LogP contribution in [0.2, 0.25) is 0 Å². The molecule has 1 N–H and O–H groups in total. The van der Waals surface area contributed by atoms with E-state index in [1.165, 1.54) is 0 Å². The Kier molecular flexibility index (Phi) is 4.58. The summed E-state index contributed by atoms with van der Waals surface area (Å²) in [5.74, 6) is 0. The largest absolute Gasteiger partial charge is 0.363 e. The minimum Gasteiger partial charge on any atom is -0.363 e. The second-order valence-electron chi connectivity index (χ2n) is 2.03. The molecule has 3 heteroatoms. The molecule has 0 aliphatic rings. The predicted molar refractivity (Wildman–Crippen MR) is 45.1 cm³/mol. The van der Waals surface area contributed by atoms with Crippen molar-refractivity contribution in [2.75, 3.05) is 13.3 Å². The van der Waals surface area contributed by atoms with Crippen LogP contribution in [0.1, 0.15) is 13.8 Å². The molecule has 0 fully saturated rings. The number of hydrogen-bond donors (Lipinski definition) is 1. The molecule has 0 aromatic rings. The number of thioether (sulfide) groups is 1. The van der Waals surface area contributed by atoms with Crippen molar-refractivity contribution < 1.29 is 0 Å². The summed E-state index contributed by atoms with van der Waals surface area (Å²) in [5, 5.41) is 4.20. The average molecular weight is 146 g/mol. The molecular formula is C6H14N2S. The minimum atomic E-state index is 0.483. The highest BCUT2D eigenvalue weighted by Gasteiger charge is 1.94. The van der Waals surface area contributed by atoms with Crippen LogP contribution in [0.5, 0.6) is 0 Å². The fourth-order valence-electron chi connectivity index (χ4n) is 0.462. The van der Waals surface area contributed by atoms with Gasteiger partial charge in [-0.05, 0) is 20.1 Å². The van der Waals surface area contributed by atoms with E-state index in [9.17, 15) is 0 Å². The van der Waals surface area contributed by atoms with E-state index < -0.39 is 0 Å². The van der Waals surface area contributed by atoms with E-state index in [2.05, 4.69) is 24.2 Å². The zero-order valence-electron chi connectivity index (χ0n) is 6.43. The van der Waals surface area contributed by atoms with E-state index in [1.807, 2.05) is 6.26 Å². The summed E-state index contributed by atoms with van der Waals surface area (Å²) in [7, 11) is 1.79. The maximum atomic E-state index is 4.02. The Morgan fingerprint density at radius 3 is 2.22 bits per heavy atom. The first-order valence-corrected chi connectivity index (χ1v) is 4.20. The number of hydrogen-bond acceptors (Lipinski definition) is 2. The third-order valence-corrected chi connectivity index (χ3v) is 1.50. The van der Waals surface area contributed by atoms with Gasteiger partial charge in [0, 0.05) is 13.1 Å². The van der Waals surface area contributed by atoms with Crippen LogP contribution < -0.4 is 5.32 Å². The zero-order chi connectivity index (χ0) is 7.28. The molecule has 0 saturated heterocycles. The monoisotopic (exact) mass is 146 g/mol. The summed E-state index contributed by atoms with van der Waals surface area (Å²) in [5.41, 5.74) is 0. The summed E-state index contributed by atoms with van der Waals surface area (Å²) < 4.78 is 0. The van der Waals surface area contributed by atoms with E-state index in [0.717, 1.165) is 5.17 Å². The van der Waals surface area contributed by atoms with Gasteiger partial charge in [0.2, 0.25) is 0 Å². The van der Waals surface area contributed by atoms with Gasteiger partial charge in [-0.2, -0.15) is 0 Å². The van der Waals surface area contributed by atoms with E-state index >= 15 is 0 Å². The van der Waals surface area contributed by atoms with Crippen molar-refractivity contribution in [2.45, 2.75) is 19.9 Å². The lowest BCUT2D eigenvalue weighted by atomic mass is 10.4. The third kappa shape index (κ3) is 4.33. The fourth-order valence-corrected chi connectivity index (χ4v) is 0.998. The van der Waals surface area contributed by atoms with Crippen LogP contribution in [0.15, 0.2) is 4.99 Å². The van der Waals surface area contributed by atoms with Gasteiger partial charge in [0.1, 0.15) is 0 Å². The van der Waals surface area contributed by atoms with Crippen molar-refractivity contribution in [3.63, 3.8) is 0 Å². The Hall–Kier alpha value is -0.180. The molecule has 0 heterocycles. The molecule has 0 bridgehead atoms. The smallest absolute Gasteiger partial charge is 0.156 e. The van der Waals surface area contributed by atoms with Gasteiger partial charge in [0.25, 0.3) is 0 Å². The first kappa shape index (κ1) is 8.82. The van der Waals surface area contributed by atoms with Gasteiger partial charge in [-0.3, -0.25) is 4.99 Å². The second-order valence-corrected chi connectivity index (χ2v) is 2.83. The molecule has 0 radical (unpaired) electrons. The highest BCUT2D eigenvalue weighted by atomic mass is 32.2. The Morgan fingerprint density at radius 1 is 1.56 bits per heavy atom. The maximum Gasteiger partial charge on any atom is 0.156 e. The van der Waals surface area contributed by atoms with Crippen LogP contribution in [-0.2, 0) is 0 Å². The molecule has 0 saturated carbocycles. The molecule has 0 spiro atoms.